The van der Waals surface area contributed by atoms with Crippen molar-refractivity contribution in [3.63, 3.8) is 0 Å². The molecule has 0 fully saturated rings. The summed E-state index contributed by atoms with van der Waals surface area (Å²) < 4.78 is 28.4. The fourth-order valence-corrected chi connectivity index (χ4v) is 4.30. The molecule has 0 aromatic heterocycles. The molecule has 32 heavy (non-hydrogen) atoms. The Hall–Kier alpha value is -3.08. The maximum Gasteiger partial charge on any atom is 0.126 e. The topological polar surface area (TPSA) is 62.2 Å². The molecule has 0 aliphatic heterocycles. The first-order valence-corrected chi connectivity index (χ1v) is 11.0. The second kappa shape index (κ2) is 9.60. The molecule has 0 unspecified atom stereocenters. The van der Waals surface area contributed by atoms with Gasteiger partial charge in [-0.2, -0.15) is 0 Å². The summed E-state index contributed by atoms with van der Waals surface area (Å²) in [7, 11) is 1.57. The molecule has 0 amide bonds. The van der Waals surface area contributed by atoms with Crippen molar-refractivity contribution in [2.75, 3.05) is 7.05 Å². The van der Waals surface area contributed by atoms with E-state index in [0.29, 0.717) is 22.3 Å². The predicted molar refractivity (Wildman–Crippen MR) is 131 cm³/mol. The van der Waals surface area contributed by atoms with Gasteiger partial charge in [-0.15, -0.1) is 0 Å². The van der Waals surface area contributed by atoms with Gasteiger partial charge in [-0.3, -0.25) is 4.99 Å². The summed E-state index contributed by atoms with van der Waals surface area (Å²) in [6.07, 6.45) is 5.72. The number of nitrogens with one attached hydrogen (secondary N) is 1. The number of hydrogen-bond acceptors (Lipinski definition) is 2. The standard InChI is InChI=1S/C27H31F2N3/c1-5-6-7-10-27(2,3)20-9-8-17-11-19(16-30)25(26(31)32-4)24(23(17)14-20)18-12-21(28)15-22(29)13-18/h8-9,11-16,30H,5-7,10H2,1-4H3,(H2,31,32). The van der Waals surface area contributed by atoms with Crippen molar-refractivity contribution >= 4 is 22.8 Å². The Morgan fingerprint density at radius 3 is 2.34 bits per heavy atom. The zero-order valence-corrected chi connectivity index (χ0v) is 19.2. The van der Waals surface area contributed by atoms with Crippen LogP contribution in [0.25, 0.3) is 21.9 Å². The predicted octanol–water partition coefficient (Wildman–Crippen LogP) is 6.98. The van der Waals surface area contributed by atoms with Crippen molar-refractivity contribution in [1.82, 2.24) is 0 Å². The average Bonchev–Trinajstić information content (AvgIpc) is 2.76. The van der Waals surface area contributed by atoms with Crippen LogP contribution in [0.4, 0.5) is 8.78 Å². The van der Waals surface area contributed by atoms with E-state index in [1.165, 1.54) is 24.8 Å². The van der Waals surface area contributed by atoms with Gasteiger partial charge >= 0.3 is 0 Å². The van der Waals surface area contributed by atoms with E-state index < -0.39 is 11.6 Å². The van der Waals surface area contributed by atoms with Crippen LogP contribution in [0.1, 0.15) is 63.1 Å². The number of fused-ring (bicyclic) bond motifs is 1. The van der Waals surface area contributed by atoms with Crippen molar-refractivity contribution in [2.24, 2.45) is 10.7 Å². The van der Waals surface area contributed by atoms with Crippen LogP contribution in [0, 0.1) is 17.0 Å². The Kier molecular flexibility index (Phi) is 7.07. The fourth-order valence-electron chi connectivity index (χ4n) is 4.30. The molecule has 3 rings (SSSR count). The maximum absolute atomic E-state index is 14.2. The first-order valence-electron chi connectivity index (χ1n) is 11.0. The number of nitrogens with two attached hydrogens (primary N) is 1. The van der Waals surface area contributed by atoms with Gasteiger partial charge in [0.25, 0.3) is 0 Å². The molecule has 0 bridgehead atoms. The first kappa shape index (κ1) is 23.6. The van der Waals surface area contributed by atoms with Gasteiger partial charge in [-0.05, 0) is 58.0 Å². The van der Waals surface area contributed by atoms with Crippen LogP contribution in [0.3, 0.4) is 0 Å². The second-order valence-corrected chi connectivity index (χ2v) is 8.90. The van der Waals surface area contributed by atoms with Crippen molar-refractivity contribution < 1.29 is 8.78 Å². The highest BCUT2D eigenvalue weighted by Gasteiger charge is 2.23. The molecule has 0 aliphatic carbocycles. The number of amidine groups is 1. The van der Waals surface area contributed by atoms with Gasteiger partial charge in [0.2, 0.25) is 0 Å². The average molecular weight is 436 g/mol. The number of nitrogens with zero attached hydrogens (tertiary/aromatic N) is 1. The summed E-state index contributed by atoms with van der Waals surface area (Å²) in [5.74, 6) is -1.11. The molecule has 0 saturated carbocycles. The monoisotopic (exact) mass is 435 g/mol. The summed E-state index contributed by atoms with van der Waals surface area (Å²) >= 11 is 0. The number of unbranched alkanes of at least 4 members (excludes halogenated alkanes) is 2. The fraction of sp³-hybridized carbons (Fsp3) is 0.333. The highest BCUT2D eigenvalue weighted by atomic mass is 19.1. The lowest BCUT2D eigenvalue weighted by molar-refractivity contribution is 0.450. The lowest BCUT2D eigenvalue weighted by atomic mass is 9.78. The zero-order chi connectivity index (χ0) is 23.5. The van der Waals surface area contributed by atoms with Crippen LogP contribution in [0.2, 0.25) is 0 Å². The van der Waals surface area contributed by atoms with Crippen LogP contribution in [0.15, 0.2) is 47.5 Å². The quantitative estimate of drug-likeness (QED) is 0.224. The second-order valence-electron chi connectivity index (χ2n) is 8.90. The van der Waals surface area contributed by atoms with Gasteiger partial charge in [-0.25, -0.2) is 8.78 Å². The minimum absolute atomic E-state index is 0.0570. The van der Waals surface area contributed by atoms with Gasteiger partial charge in [0.05, 0.1) is 0 Å². The molecule has 5 heteroatoms. The Balaban J connectivity index is 2.37. The van der Waals surface area contributed by atoms with Crippen molar-refractivity contribution in [2.45, 2.75) is 51.9 Å². The van der Waals surface area contributed by atoms with Gasteiger partial charge in [0, 0.05) is 36.0 Å². The third-order valence-electron chi connectivity index (χ3n) is 6.16. The van der Waals surface area contributed by atoms with E-state index in [1.54, 1.807) is 7.05 Å². The molecular weight excluding hydrogens is 404 g/mol. The molecular formula is C27H31F2N3. The zero-order valence-electron chi connectivity index (χ0n) is 19.2. The molecule has 0 aliphatic rings. The van der Waals surface area contributed by atoms with Crippen molar-refractivity contribution in [3.8, 4) is 11.1 Å². The van der Waals surface area contributed by atoms with Crippen LogP contribution in [-0.4, -0.2) is 19.1 Å². The van der Waals surface area contributed by atoms with Crippen molar-refractivity contribution in [3.05, 3.63) is 70.8 Å². The molecule has 3 N–H and O–H groups in total. The molecule has 0 atom stereocenters. The summed E-state index contributed by atoms with van der Waals surface area (Å²) in [6.45, 7) is 6.63. The normalized spacial score (nSPS) is 12.4. The minimum atomic E-state index is -0.664. The number of halogens is 2. The largest absolute Gasteiger partial charge is 0.383 e. The van der Waals surface area contributed by atoms with Gasteiger partial charge in [0.15, 0.2) is 0 Å². The SMILES string of the molecule is CCCCCC(C)(C)c1ccc2cc(C=N)c(C(N)=NC)c(-c3cc(F)cc(F)c3)c2c1. The minimum Gasteiger partial charge on any atom is -0.383 e. The van der Waals surface area contributed by atoms with Gasteiger partial charge in [0.1, 0.15) is 17.5 Å². The Morgan fingerprint density at radius 1 is 1.06 bits per heavy atom. The number of rotatable bonds is 8. The summed E-state index contributed by atoms with van der Waals surface area (Å²) in [6, 6.07) is 11.6. The molecule has 0 heterocycles. The lowest BCUT2D eigenvalue weighted by Crippen LogP contribution is -2.18. The highest BCUT2D eigenvalue weighted by Crippen LogP contribution is 2.38. The van der Waals surface area contributed by atoms with E-state index in [1.807, 2.05) is 12.1 Å². The van der Waals surface area contributed by atoms with E-state index in [0.717, 1.165) is 41.7 Å². The van der Waals surface area contributed by atoms with Crippen LogP contribution < -0.4 is 5.73 Å². The summed E-state index contributed by atoms with van der Waals surface area (Å²) in [5, 5.41) is 9.64. The van der Waals surface area contributed by atoms with E-state index >= 15 is 0 Å². The summed E-state index contributed by atoms with van der Waals surface area (Å²) in [4.78, 5) is 4.13. The molecule has 3 nitrogen and oxygen atoms in total. The molecule has 0 saturated heterocycles. The molecule has 3 aromatic carbocycles. The molecule has 0 radical (unpaired) electrons. The van der Waals surface area contributed by atoms with Crippen LogP contribution in [-0.2, 0) is 5.41 Å². The first-order chi connectivity index (χ1) is 15.2. The highest BCUT2D eigenvalue weighted by molar-refractivity contribution is 6.16. The van der Waals surface area contributed by atoms with E-state index in [2.05, 4.69) is 37.9 Å². The third kappa shape index (κ3) is 4.72. The number of benzene rings is 3. The van der Waals surface area contributed by atoms with Crippen LogP contribution in [0.5, 0.6) is 0 Å². The summed E-state index contributed by atoms with van der Waals surface area (Å²) in [5.41, 5.74) is 9.37. The Labute approximate surface area is 188 Å². The van der Waals surface area contributed by atoms with E-state index in [-0.39, 0.29) is 11.3 Å². The van der Waals surface area contributed by atoms with Gasteiger partial charge in [-0.1, -0.05) is 52.2 Å². The molecule has 0 spiro atoms. The van der Waals surface area contributed by atoms with E-state index in [4.69, 9.17) is 11.1 Å². The smallest absolute Gasteiger partial charge is 0.126 e. The lowest BCUT2D eigenvalue weighted by Gasteiger charge is -2.26. The third-order valence-corrected chi connectivity index (χ3v) is 6.16. The van der Waals surface area contributed by atoms with Crippen LogP contribution >= 0.6 is 0 Å². The Morgan fingerprint density at radius 2 is 1.75 bits per heavy atom. The van der Waals surface area contributed by atoms with E-state index in [9.17, 15) is 8.78 Å². The maximum atomic E-state index is 14.2. The molecule has 168 valence electrons. The molecule has 3 aromatic rings. The number of hydrogen-bond donors (Lipinski definition) is 2. The Bertz CT molecular complexity index is 1160. The number of aliphatic imine (C=N–C) groups is 1. The van der Waals surface area contributed by atoms with Gasteiger partial charge < -0.3 is 11.1 Å². The van der Waals surface area contributed by atoms with Crippen molar-refractivity contribution in [1.29, 1.82) is 5.41 Å².